The first-order valence-corrected chi connectivity index (χ1v) is 3.81. The van der Waals surface area contributed by atoms with Gasteiger partial charge in [0.2, 0.25) is 0 Å². The summed E-state index contributed by atoms with van der Waals surface area (Å²) in [6, 6.07) is 4.06. The minimum atomic E-state index is -0.417. The van der Waals surface area contributed by atoms with Crippen molar-refractivity contribution in [3.05, 3.63) is 29.6 Å². The molecular formula is C9H12FNO. The molecule has 1 atom stereocenters. The second-order valence-corrected chi connectivity index (χ2v) is 2.71. The Bertz CT molecular complexity index is 275. The van der Waals surface area contributed by atoms with Crippen LogP contribution in [0, 0.1) is 5.82 Å². The Morgan fingerprint density at radius 1 is 1.50 bits per heavy atom. The standard InChI is InChI=1S/C9H12FNO/c1-6(11-2)8-4-3-7(10)5-9(8)12/h3-6,11-12H,1-2H3/t6-/m0/s1. The van der Waals surface area contributed by atoms with Gasteiger partial charge in [0.1, 0.15) is 11.6 Å². The number of aromatic hydroxyl groups is 1. The minimum absolute atomic E-state index is 0.00292. The molecule has 0 aliphatic rings. The fourth-order valence-corrected chi connectivity index (χ4v) is 1.04. The Morgan fingerprint density at radius 3 is 2.67 bits per heavy atom. The molecule has 0 fully saturated rings. The van der Waals surface area contributed by atoms with Crippen LogP contribution in [0.3, 0.4) is 0 Å². The largest absolute Gasteiger partial charge is 0.508 e. The highest BCUT2D eigenvalue weighted by atomic mass is 19.1. The van der Waals surface area contributed by atoms with Crippen molar-refractivity contribution in [1.82, 2.24) is 5.32 Å². The lowest BCUT2D eigenvalue weighted by Crippen LogP contribution is -2.12. The maximum atomic E-state index is 12.5. The van der Waals surface area contributed by atoms with Crippen molar-refractivity contribution in [2.45, 2.75) is 13.0 Å². The third-order valence-electron chi connectivity index (χ3n) is 1.89. The van der Waals surface area contributed by atoms with Crippen LogP contribution in [-0.2, 0) is 0 Å². The van der Waals surface area contributed by atoms with E-state index in [2.05, 4.69) is 5.32 Å². The zero-order valence-corrected chi connectivity index (χ0v) is 7.13. The van der Waals surface area contributed by atoms with E-state index in [1.54, 1.807) is 13.1 Å². The summed E-state index contributed by atoms with van der Waals surface area (Å²) in [5, 5.41) is 12.3. The number of benzene rings is 1. The molecule has 0 spiro atoms. The molecule has 0 saturated carbocycles. The van der Waals surface area contributed by atoms with Crippen molar-refractivity contribution >= 4 is 0 Å². The molecule has 1 aromatic carbocycles. The van der Waals surface area contributed by atoms with Gasteiger partial charge in [0.05, 0.1) is 0 Å². The SMILES string of the molecule is CN[C@@H](C)c1ccc(F)cc1O. The first kappa shape index (κ1) is 9.00. The van der Waals surface area contributed by atoms with E-state index < -0.39 is 5.82 Å². The van der Waals surface area contributed by atoms with Crippen molar-refractivity contribution in [3.8, 4) is 5.75 Å². The van der Waals surface area contributed by atoms with Crippen molar-refractivity contribution in [3.63, 3.8) is 0 Å². The quantitative estimate of drug-likeness (QED) is 0.707. The van der Waals surface area contributed by atoms with Gasteiger partial charge in [-0.25, -0.2) is 4.39 Å². The molecule has 0 heterocycles. The molecule has 0 amide bonds. The second kappa shape index (κ2) is 3.54. The fraction of sp³-hybridized carbons (Fsp3) is 0.333. The lowest BCUT2D eigenvalue weighted by molar-refractivity contribution is 0.452. The molecule has 0 radical (unpaired) electrons. The van der Waals surface area contributed by atoms with Crippen LogP contribution >= 0.6 is 0 Å². The van der Waals surface area contributed by atoms with Crippen LogP contribution in [0.25, 0.3) is 0 Å². The molecule has 1 aromatic rings. The van der Waals surface area contributed by atoms with Crippen LogP contribution in [0.15, 0.2) is 18.2 Å². The van der Waals surface area contributed by atoms with Gasteiger partial charge in [-0.2, -0.15) is 0 Å². The van der Waals surface area contributed by atoms with E-state index in [9.17, 15) is 9.50 Å². The maximum Gasteiger partial charge on any atom is 0.126 e. The van der Waals surface area contributed by atoms with E-state index in [1.165, 1.54) is 6.07 Å². The van der Waals surface area contributed by atoms with Crippen molar-refractivity contribution < 1.29 is 9.50 Å². The van der Waals surface area contributed by atoms with E-state index in [4.69, 9.17) is 0 Å². The van der Waals surface area contributed by atoms with Gasteiger partial charge in [-0.1, -0.05) is 6.07 Å². The Balaban J connectivity index is 3.01. The lowest BCUT2D eigenvalue weighted by atomic mass is 10.1. The number of hydrogen-bond donors (Lipinski definition) is 2. The topological polar surface area (TPSA) is 32.3 Å². The van der Waals surface area contributed by atoms with Crippen molar-refractivity contribution in [1.29, 1.82) is 0 Å². The summed E-state index contributed by atoms with van der Waals surface area (Å²) in [5.41, 5.74) is 0.707. The van der Waals surface area contributed by atoms with Crippen LogP contribution < -0.4 is 5.32 Å². The van der Waals surface area contributed by atoms with Gasteiger partial charge in [-0.3, -0.25) is 0 Å². The number of phenols is 1. The highest BCUT2D eigenvalue weighted by molar-refractivity contribution is 5.34. The molecule has 0 aromatic heterocycles. The summed E-state index contributed by atoms with van der Waals surface area (Å²) in [6.45, 7) is 1.90. The molecule has 3 heteroatoms. The summed E-state index contributed by atoms with van der Waals surface area (Å²) >= 11 is 0. The summed E-state index contributed by atoms with van der Waals surface area (Å²) in [6.07, 6.45) is 0. The zero-order valence-electron chi connectivity index (χ0n) is 7.13. The molecule has 0 aliphatic heterocycles. The molecule has 0 bridgehead atoms. The van der Waals surface area contributed by atoms with Crippen LogP contribution in [0.4, 0.5) is 4.39 Å². The van der Waals surface area contributed by atoms with E-state index in [1.807, 2.05) is 6.92 Å². The van der Waals surface area contributed by atoms with E-state index in [0.717, 1.165) is 6.07 Å². The predicted octanol–water partition coefficient (Wildman–Crippen LogP) is 1.81. The van der Waals surface area contributed by atoms with E-state index >= 15 is 0 Å². The summed E-state index contributed by atoms with van der Waals surface area (Å²) in [5.74, 6) is -0.420. The molecule has 12 heavy (non-hydrogen) atoms. The van der Waals surface area contributed by atoms with Crippen LogP contribution in [0.5, 0.6) is 5.75 Å². The number of nitrogens with one attached hydrogen (secondary N) is 1. The zero-order chi connectivity index (χ0) is 9.14. The van der Waals surface area contributed by atoms with E-state index in [-0.39, 0.29) is 11.8 Å². The van der Waals surface area contributed by atoms with E-state index in [0.29, 0.717) is 5.56 Å². The van der Waals surface area contributed by atoms with Gasteiger partial charge in [0.15, 0.2) is 0 Å². The Labute approximate surface area is 71.0 Å². The van der Waals surface area contributed by atoms with Gasteiger partial charge >= 0.3 is 0 Å². The predicted molar refractivity (Wildman–Crippen MR) is 45.5 cm³/mol. The lowest BCUT2D eigenvalue weighted by Gasteiger charge is -2.11. The Hall–Kier alpha value is -1.09. The summed E-state index contributed by atoms with van der Waals surface area (Å²) < 4.78 is 12.5. The summed E-state index contributed by atoms with van der Waals surface area (Å²) in [7, 11) is 1.79. The van der Waals surface area contributed by atoms with Crippen molar-refractivity contribution in [2.75, 3.05) is 7.05 Å². The third-order valence-corrected chi connectivity index (χ3v) is 1.89. The molecule has 2 nitrogen and oxygen atoms in total. The molecule has 0 aliphatic carbocycles. The first-order valence-electron chi connectivity index (χ1n) is 3.81. The number of phenolic OH excluding ortho intramolecular Hbond substituents is 1. The van der Waals surface area contributed by atoms with Crippen LogP contribution in [0.2, 0.25) is 0 Å². The highest BCUT2D eigenvalue weighted by Crippen LogP contribution is 2.23. The maximum absolute atomic E-state index is 12.5. The average Bonchev–Trinajstić information content (AvgIpc) is 2.03. The molecular weight excluding hydrogens is 157 g/mol. The number of halogens is 1. The van der Waals surface area contributed by atoms with Crippen LogP contribution in [-0.4, -0.2) is 12.2 Å². The van der Waals surface area contributed by atoms with Crippen LogP contribution in [0.1, 0.15) is 18.5 Å². The molecule has 66 valence electrons. The number of hydrogen-bond acceptors (Lipinski definition) is 2. The molecule has 2 N–H and O–H groups in total. The third kappa shape index (κ3) is 1.74. The minimum Gasteiger partial charge on any atom is -0.508 e. The Morgan fingerprint density at radius 2 is 2.17 bits per heavy atom. The highest BCUT2D eigenvalue weighted by Gasteiger charge is 2.07. The molecule has 1 rings (SSSR count). The van der Waals surface area contributed by atoms with Gasteiger partial charge in [-0.05, 0) is 20.0 Å². The average molecular weight is 169 g/mol. The molecule has 0 saturated heterocycles. The van der Waals surface area contributed by atoms with Gasteiger partial charge < -0.3 is 10.4 Å². The summed E-state index contributed by atoms with van der Waals surface area (Å²) in [4.78, 5) is 0. The van der Waals surface area contributed by atoms with Gasteiger partial charge in [0, 0.05) is 17.7 Å². The first-order chi connectivity index (χ1) is 5.65. The Kier molecular flexibility index (Phi) is 2.65. The monoisotopic (exact) mass is 169 g/mol. The van der Waals surface area contributed by atoms with Crippen molar-refractivity contribution in [2.24, 2.45) is 0 Å². The second-order valence-electron chi connectivity index (χ2n) is 2.71. The smallest absolute Gasteiger partial charge is 0.126 e. The fourth-order valence-electron chi connectivity index (χ4n) is 1.04. The molecule has 0 unspecified atom stereocenters. The van der Waals surface area contributed by atoms with Gasteiger partial charge in [0.25, 0.3) is 0 Å². The van der Waals surface area contributed by atoms with Gasteiger partial charge in [-0.15, -0.1) is 0 Å². The normalized spacial score (nSPS) is 12.9. The number of rotatable bonds is 2.